The molecule has 0 radical (unpaired) electrons. The molecule has 3 nitrogen and oxygen atoms in total. The van der Waals surface area contributed by atoms with Crippen LogP contribution in [0.25, 0.3) is 0 Å². The fraction of sp³-hybridized carbons (Fsp3) is 0.467. The number of benzene rings is 1. The van der Waals surface area contributed by atoms with Crippen LogP contribution in [0.15, 0.2) is 30.9 Å². The molecule has 0 aliphatic rings. The predicted octanol–water partition coefficient (Wildman–Crippen LogP) is 2.93. The van der Waals surface area contributed by atoms with Gasteiger partial charge in [0.05, 0.1) is 13.2 Å². The number of nitrogens with two attached hydrogens (primary N) is 1. The molecule has 2 N–H and O–H groups in total. The van der Waals surface area contributed by atoms with Gasteiger partial charge in [0.1, 0.15) is 11.5 Å². The van der Waals surface area contributed by atoms with E-state index in [2.05, 4.69) is 13.5 Å². The standard InChI is InChI=1S/C15H23NO2/c1-3-5-11-18-15-12-14(17-10-4-2)7-6-13(15)8-9-16/h3,6-7,12H,1,4-5,8-11,16H2,2H3. The monoisotopic (exact) mass is 249 g/mol. The molecule has 0 heterocycles. The van der Waals surface area contributed by atoms with Crippen LogP contribution in [-0.4, -0.2) is 19.8 Å². The van der Waals surface area contributed by atoms with Gasteiger partial charge in [0.2, 0.25) is 0 Å². The van der Waals surface area contributed by atoms with Gasteiger partial charge in [-0.05, 0) is 37.4 Å². The summed E-state index contributed by atoms with van der Waals surface area (Å²) in [6.45, 7) is 7.75. The molecule has 0 saturated carbocycles. The van der Waals surface area contributed by atoms with Crippen molar-refractivity contribution in [3.63, 3.8) is 0 Å². The first kappa shape index (κ1) is 14.6. The third-order valence-electron chi connectivity index (χ3n) is 2.50. The van der Waals surface area contributed by atoms with Crippen LogP contribution in [0.5, 0.6) is 11.5 Å². The predicted molar refractivity (Wildman–Crippen MR) is 75.3 cm³/mol. The normalized spacial score (nSPS) is 10.1. The minimum Gasteiger partial charge on any atom is -0.493 e. The van der Waals surface area contributed by atoms with Crippen LogP contribution in [-0.2, 0) is 6.42 Å². The van der Waals surface area contributed by atoms with E-state index < -0.39 is 0 Å². The van der Waals surface area contributed by atoms with Gasteiger partial charge in [-0.15, -0.1) is 6.58 Å². The molecule has 0 aliphatic heterocycles. The molecule has 0 aromatic heterocycles. The van der Waals surface area contributed by atoms with Crippen molar-refractivity contribution in [2.75, 3.05) is 19.8 Å². The van der Waals surface area contributed by atoms with Crippen LogP contribution in [0.3, 0.4) is 0 Å². The summed E-state index contributed by atoms with van der Waals surface area (Å²) in [5.74, 6) is 1.72. The molecule has 0 unspecified atom stereocenters. The molecule has 0 aliphatic carbocycles. The van der Waals surface area contributed by atoms with E-state index in [9.17, 15) is 0 Å². The fourth-order valence-electron chi connectivity index (χ4n) is 1.59. The Hall–Kier alpha value is -1.48. The fourth-order valence-corrected chi connectivity index (χ4v) is 1.59. The summed E-state index contributed by atoms with van der Waals surface area (Å²) in [5.41, 5.74) is 6.73. The molecule has 0 amide bonds. The molecule has 0 bridgehead atoms. The SMILES string of the molecule is C=CCCOc1cc(OCCC)ccc1CCN. The number of hydrogen-bond acceptors (Lipinski definition) is 3. The van der Waals surface area contributed by atoms with Crippen molar-refractivity contribution >= 4 is 0 Å². The van der Waals surface area contributed by atoms with E-state index in [0.29, 0.717) is 13.2 Å². The molecule has 1 aromatic carbocycles. The number of ether oxygens (including phenoxy) is 2. The number of hydrogen-bond donors (Lipinski definition) is 1. The van der Waals surface area contributed by atoms with Crippen molar-refractivity contribution in [2.24, 2.45) is 5.73 Å². The lowest BCUT2D eigenvalue weighted by Gasteiger charge is -2.13. The lowest BCUT2D eigenvalue weighted by atomic mass is 10.1. The van der Waals surface area contributed by atoms with E-state index in [1.54, 1.807) is 0 Å². The summed E-state index contributed by atoms with van der Waals surface area (Å²) in [5, 5.41) is 0. The zero-order valence-corrected chi connectivity index (χ0v) is 11.2. The lowest BCUT2D eigenvalue weighted by molar-refractivity contribution is 0.303. The molecule has 18 heavy (non-hydrogen) atoms. The van der Waals surface area contributed by atoms with E-state index in [0.717, 1.165) is 42.9 Å². The Morgan fingerprint density at radius 3 is 2.78 bits per heavy atom. The molecule has 1 aromatic rings. The Bertz CT molecular complexity index is 364. The first-order valence-corrected chi connectivity index (χ1v) is 6.51. The van der Waals surface area contributed by atoms with Crippen molar-refractivity contribution in [1.29, 1.82) is 0 Å². The summed E-state index contributed by atoms with van der Waals surface area (Å²) >= 11 is 0. The van der Waals surface area contributed by atoms with Gasteiger partial charge in [0.15, 0.2) is 0 Å². The molecule has 0 saturated heterocycles. The maximum Gasteiger partial charge on any atom is 0.126 e. The first-order chi connectivity index (χ1) is 8.81. The molecule has 100 valence electrons. The highest BCUT2D eigenvalue weighted by atomic mass is 16.5. The Morgan fingerprint density at radius 1 is 1.28 bits per heavy atom. The van der Waals surface area contributed by atoms with Crippen LogP contribution in [0.1, 0.15) is 25.3 Å². The van der Waals surface area contributed by atoms with Crippen molar-refractivity contribution < 1.29 is 9.47 Å². The van der Waals surface area contributed by atoms with E-state index in [-0.39, 0.29) is 0 Å². The van der Waals surface area contributed by atoms with Gasteiger partial charge in [0.25, 0.3) is 0 Å². The third kappa shape index (κ3) is 4.80. The average molecular weight is 249 g/mol. The Kier molecular flexibility index (Phi) is 6.96. The Morgan fingerprint density at radius 2 is 2.11 bits per heavy atom. The number of rotatable bonds is 9. The summed E-state index contributed by atoms with van der Waals surface area (Å²) in [4.78, 5) is 0. The van der Waals surface area contributed by atoms with E-state index in [1.807, 2.05) is 24.3 Å². The van der Waals surface area contributed by atoms with Crippen LogP contribution < -0.4 is 15.2 Å². The van der Waals surface area contributed by atoms with Crippen molar-refractivity contribution in [3.8, 4) is 11.5 Å². The van der Waals surface area contributed by atoms with Gasteiger partial charge in [0, 0.05) is 6.07 Å². The first-order valence-electron chi connectivity index (χ1n) is 6.51. The van der Waals surface area contributed by atoms with Crippen LogP contribution in [0.4, 0.5) is 0 Å². The molecular formula is C15H23NO2. The van der Waals surface area contributed by atoms with Crippen LogP contribution >= 0.6 is 0 Å². The smallest absolute Gasteiger partial charge is 0.126 e. The van der Waals surface area contributed by atoms with Crippen LogP contribution in [0, 0.1) is 0 Å². The quantitative estimate of drug-likeness (QED) is 0.540. The highest BCUT2D eigenvalue weighted by Crippen LogP contribution is 2.25. The van der Waals surface area contributed by atoms with Gasteiger partial charge in [-0.25, -0.2) is 0 Å². The molecule has 0 atom stereocenters. The zero-order chi connectivity index (χ0) is 13.2. The largest absolute Gasteiger partial charge is 0.493 e. The van der Waals surface area contributed by atoms with Gasteiger partial charge in [-0.3, -0.25) is 0 Å². The third-order valence-corrected chi connectivity index (χ3v) is 2.50. The van der Waals surface area contributed by atoms with Gasteiger partial charge >= 0.3 is 0 Å². The van der Waals surface area contributed by atoms with E-state index in [4.69, 9.17) is 15.2 Å². The molecular weight excluding hydrogens is 226 g/mol. The molecule has 0 spiro atoms. The van der Waals surface area contributed by atoms with Crippen molar-refractivity contribution in [1.82, 2.24) is 0 Å². The summed E-state index contributed by atoms with van der Waals surface area (Å²) in [6, 6.07) is 5.95. The van der Waals surface area contributed by atoms with E-state index in [1.165, 1.54) is 0 Å². The summed E-state index contributed by atoms with van der Waals surface area (Å²) in [6.07, 6.45) is 4.50. The lowest BCUT2D eigenvalue weighted by Crippen LogP contribution is -2.06. The topological polar surface area (TPSA) is 44.5 Å². The van der Waals surface area contributed by atoms with Gasteiger partial charge in [-0.2, -0.15) is 0 Å². The molecule has 3 heteroatoms. The second-order valence-corrected chi connectivity index (χ2v) is 4.08. The maximum atomic E-state index is 5.74. The summed E-state index contributed by atoms with van der Waals surface area (Å²) in [7, 11) is 0. The second kappa shape index (κ2) is 8.59. The second-order valence-electron chi connectivity index (χ2n) is 4.08. The minimum absolute atomic E-state index is 0.618. The Labute approximate surface area is 110 Å². The Balaban J connectivity index is 2.74. The minimum atomic E-state index is 0.618. The highest BCUT2D eigenvalue weighted by molar-refractivity contribution is 5.41. The van der Waals surface area contributed by atoms with Crippen LogP contribution in [0.2, 0.25) is 0 Å². The van der Waals surface area contributed by atoms with Crippen molar-refractivity contribution in [3.05, 3.63) is 36.4 Å². The average Bonchev–Trinajstić information content (AvgIpc) is 2.39. The van der Waals surface area contributed by atoms with Gasteiger partial charge in [-0.1, -0.05) is 19.1 Å². The molecule has 1 rings (SSSR count). The highest BCUT2D eigenvalue weighted by Gasteiger charge is 2.05. The van der Waals surface area contributed by atoms with Crippen molar-refractivity contribution in [2.45, 2.75) is 26.2 Å². The summed E-state index contributed by atoms with van der Waals surface area (Å²) < 4.78 is 11.3. The zero-order valence-electron chi connectivity index (χ0n) is 11.2. The van der Waals surface area contributed by atoms with Gasteiger partial charge < -0.3 is 15.2 Å². The maximum absolute atomic E-state index is 5.74. The van der Waals surface area contributed by atoms with E-state index >= 15 is 0 Å². The molecule has 0 fully saturated rings.